The van der Waals surface area contributed by atoms with Crippen molar-refractivity contribution in [3.63, 3.8) is 0 Å². The first kappa shape index (κ1) is 17.0. The van der Waals surface area contributed by atoms with Crippen LogP contribution in [0.1, 0.15) is 0 Å². The van der Waals surface area contributed by atoms with E-state index in [0.717, 1.165) is 16.4 Å². The molecule has 2 aromatic carbocycles. The van der Waals surface area contributed by atoms with Gasteiger partial charge in [0.1, 0.15) is 12.4 Å². The van der Waals surface area contributed by atoms with E-state index in [1.807, 2.05) is 0 Å². The van der Waals surface area contributed by atoms with Crippen molar-refractivity contribution in [2.24, 2.45) is 0 Å². The SMILES string of the molecule is CN(C)C(=O)CN(c1ccc(F)cc1)S(=O)(=O)c1ccccc1. The van der Waals surface area contributed by atoms with Gasteiger partial charge in [0.2, 0.25) is 5.91 Å². The third-order valence-corrected chi connectivity index (χ3v) is 5.01. The normalized spacial score (nSPS) is 11.1. The second-order valence-electron chi connectivity index (χ2n) is 5.09. The van der Waals surface area contributed by atoms with E-state index in [2.05, 4.69) is 0 Å². The molecule has 0 saturated carbocycles. The molecule has 0 radical (unpaired) electrons. The van der Waals surface area contributed by atoms with Crippen LogP contribution in [0.25, 0.3) is 0 Å². The predicted molar refractivity (Wildman–Crippen MR) is 86.1 cm³/mol. The van der Waals surface area contributed by atoms with Gasteiger partial charge in [-0.1, -0.05) is 18.2 Å². The first-order valence-electron chi connectivity index (χ1n) is 6.86. The maximum atomic E-state index is 13.1. The Morgan fingerprint density at radius 1 is 1.00 bits per heavy atom. The quantitative estimate of drug-likeness (QED) is 0.840. The van der Waals surface area contributed by atoms with Crippen LogP contribution in [0, 0.1) is 5.82 Å². The van der Waals surface area contributed by atoms with Crippen molar-refractivity contribution in [2.45, 2.75) is 4.90 Å². The van der Waals surface area contributed by atoms with Gasteiger partial charge >= 0.3 is 0 Å². The van der Waals surface area contributed by atoms with Crippen LogP contribution >= 0.6 is 0 Å². The summed E-state index contributed by atoms with van der Waals surface area (Å²) in [6.45, 7) is -0.365. The summed E-state index contributed by atoms with van der Waals surface area (Å²) in [6, 6.07) is 12.8. The van der Waals surface area contributed by atoms with Gasteiger partial charge in [-0.2, -0.15) is 0 Å². The molecule has 0 atom stereocenters. The number of anilines is 1. The van der Waals surface area contributed by atoms with Gasteiger partial charge in [0, 0.05) is 14.1 Å². The molecule has 0 unspecified atom stereocenters. The van der Waals surface area contributed by atoms with Gasteiger partial charge in [-0.05, 0) is 36.4 Å². The lowest BCUT2D eigenvalue weighted by atomic mass is 10.3. The van der Waals surface area contributed by atoms with Crippen molar-refractivity contribution in [1.29, 1.82) is 0 Å². The molecule has 122 valence electrons. The average Bonchev–Trinajstić information content (AvgIpc) is 2.54. The number of carbonyl (C=O) groups is 1. The summed E-state index contributed by atoms with van der Waals surface area (Å²) in [4.78, 5) is 13.4. The van der Waals surface area contributed by atoms with Crippen LogP contribution in [-0.2, 0) is 14.8 Å². The van der Waals surface area contributed by atoms with E-state index in [-0.39, 0.29) is 23.0 Å². The van der Waals surface area contributed by atoms with Crippen LogP contribution < -0.4 is 4.31 Å². The van der Waals surface area contributed by atoms with Crippen molar-refractivity contribution >= 4 is 21.6 Å². The molecule has 0 aliphatic rings. The Labute approximate surface area is 135 Å². The first-order chi connectivity index (χ1) is 10.8. The molecule has 5 nitrogen and oxygen atoms in total. The number of hydrogen-bond donors (Lipinski definition) is 0. The summed E-state index contributed by atoms with van der Waals surface area (Å²) in [6.07, 6.45) is 0. The Hall–Kier alpha value is -2.41. The van der Waals surface area contributed by atoms with Crippen LogP contribution in [0.15, 0.2) is 59.5 Å². The molecule has 23 heavy (non-hydrogen) atoms. The van der Waals surface area contributed by atoms with Crippen molar-refractivity contribution in [2.75, 3.05) is 24.9 Å². The summed E-state index contributed by atoms with van der Waals surface area (Å²) >= 11 is 0. The number of likely N-dealkylation sites (N-methyl/N-ethyl adjacent to an activating group) is 1. The van der Waals surface area contributed by atoms with E-state index in [1.54, 1.807) is 32.3 Å². The van der Waals surface area contributed by atoms with E-state index >= 15 is 0 Å². The summed E-state index contributed by atoms with van der Waals surface area (Å²) in [7, 11) is -0.848. The van der Waals surface area contributed by atoms with Crippen LogP contribution in [0.3, 0.4) is 0 Å². The molecule has 0 saturated heterocycles. The Balaban J connectivity index is 2.49. The van der Waals surface area contributed by atoms with E-state index < -0.39 is 15.8 Å². The molecule has 0 N–H and O–H groups in total. The van der Waals surface area contributed by atoms with Crippen LogP contribution in [0.4, 0.5) is 10.1 Å². The Morgan fingerprint density at radius 3 is 2.09 bits per heavy atom. The minimum absolute atomic E-state index is 0.0656. The van der Waals surface area contributed by atoms with Crippen molar-refractivity contribution in [3.05, 3.63) is 60.4 Å². The zero-order valence-electron chi connectivity index (χ0n) is 12.8. The number of rotatable bonds is 5. The molecule has 0 aliphatic carbocycles. The van der Waals surface area contributed by atoms with Crippen LogP contribution in [0.5, 0.6) is 0 Å². The molecule has 7 heteroatoms. The van der Waals surface area contributed by atoms with Crippen molar-refractivity contribution in [1.82, 2.24) is 4.90 Å². The van der Waals surface area contributed by atoms with Crippen LogP contribution in [0.2, 0.25) is 0 Å². The minimum atomic E-state index is -3.93. The molecule has 0 aliphatic heterocycles. The zero-order valence-corrected chi connectivity index (χ0v) is 13.6. The number of sulfonamides is 1. The van der Waals surface area contributed by atoms with Crippen molar-refractivity contribution in [3.8, 4) is 0 Å². The lowest BCUT2D eigenvalue weighted by Gasteiger charge is -2.25. The fourth-order valence-corrected chi connectivity index (χ4v) is 3.34. The lowest BCUT2D eigenvalue weighted by Crippen LogP contribution is -2.40. The molecule has 0 fully saturated rings. The predicted octanol–water partition coefficient (Wildman–Crippen LogP) is 2.11. The Bertz CT molecular complexity index is 775. The molecule has 1 amide bonds. The Kier molecular flexibility index (Phi) is 5.00. The lowest BCUT2D eigenvalue weighted by molar-refractivity contribution is -0.127. The highest BCUT2D eigenvalue weighted by atomic mass is 32.2. The van der Waals surface area contributed by atoms with Gasteiger partial charge in [-0.15, -0.1) is 0 Å². The fourth-order valence-electron chi connectivity index (χ4n) is 1.91. The van der Waals surface area contributed by atoms with E-state index in [4.69, 9.17) is 0 Å². The number of carbonyl (C=O) groups excluding carboxylic acids is 1. The zero-order chi connectivity index (χ0) is 17.0. The molecular weight excluding hydrogens is 319 g/mol. The van der Waals surface area contributed by atoms with Gasteiger partial charge in [0.25, 0.3) is 10.0 Å². The fraction of sp³-hybridized carbons (Fsp3) is 0.188. The van der Waals surface area contributed by atoms with Gasteiger partial charge in [-0.3, -0.25) is 9.10 Å². The highest BCUT2D eigenvalue weighted by molar-refractivity contribution is 7.92. The average molecular weight is 336 g/mol. The second kappa shape index (κ2) is 6.78. The smallest absolute Gasteiger partial charge is 0.264 e. The maximum Gasteiger partial charge on any atom is 0.264 e. The number of nitrogens with zero attached hydrogens (tertiary/aromatic N) is 2. The molecule has 0 heterocycles. The third-order valence-electron chi connectivity index (χ3n) is 3.22. The third kappa shape index (κ3) is 3.87. The number of hydrogen-bond acceptors (Lipinski definition) is 3. The summed E-state index contributed by atoms with van der Waals surface area (Å²) in [5.41, 5.74) is 0.227. The second-order valence-corrected chi connectivity index (χ2v) is 6.95. The van der Waals surface area contributed by atoms with E-state index in [0.29, 0.717) is 0 Å². The summed E-state index contributed by atoms with van der Waals surface area (Å²) in [5.74, 6) is -0.862. The van der Waals surface area contributed by atoms with E-state index in [9.17, 15) is 17.6 Å². The summed E-state index contributed by atoms with van der Waals surface area (Å²) in [5, 5.41) is 0. The van der Waals surface area contributed by atoms with Crippen molar-refractivity contribution < 1.29 is 17.6 Å². The highest BCUT2D eigenvalue weighted by Gasteiger charge is 2.27. The van der Waals surface area contributed by atoms with Gasteiger partial charge in [-0.25, -0.2) is 12.8 Å². The Morgan fingerprint density at radius 2 is 1.57 bits per heavy atom. The molecule has 2 rings (SSSR count). The number of halogens is 1. The molecule has 0 aromatic heterocycles. The minimum Gasteiger partial charge on any atom is -0.347 e. The first-order valence-corrected chi connectivity index (χ1v) is 8.30. The monoisotopic (exact) mass is 336 g/mol. The largest absolute Gasteiger partial charge is 0.347 e. The summed E-state index contributed by atoms with van der Waals surface area (Å²) < 4.78 is 39.8. The van der Waals surface area contributed by atoms with E-state index in [1.165, 1.54) is 29.2 Å². The molecule has 0 bridgehead atoms. The number of benzene rings is 2. The van der Waals surface area contributed by atoms with Crippen LogP contribution in [-0.4, -0.2) is 39.9 Å². The standard InChI is InChI=1S/C16H17FN2O3S/c1-18(2)16(20)12-19(14-10-8-13(17)9-11-14)23(21,22)15-6-4-3-5-7-15/h3-11H,12H2,1-2H3. The van der Waals surface area contributed by atoms with Gasteiger partial charge in [0.15, 0.2) is 0 Å². The van der Waals surface area contributed by atoms with Gasteiger partial charge in [0.05, 0.1) is 10.6 Å². The number of amides is 1. The highest BCUT2D eigenvalue weighted by Crippen LogP contribution is 2.23. The topological polar surface area (TPSA) is 57.7 Å². The molecule has 0 spiro atoms. The van der Waals surface area contributed by atoms with Gasteiger partial charge < -0.3 is 4.90 Å². The maximum absolute atomic E-state index is 13.1. The molecule has 2 aromatic rings. The molecular formula is C16H17FN2O3S.